The Morgan fingerprint density at radius 2 is 1.82 bits per heavy atom. The van der Waals surface area contributed by atoms with Crippen LogP contribution in [0.4, 0.5) is 17.5 Å². The zero-order valence-corrected chi connectivity index (χ0v) is 18.8. The number of rotatable bonds is 7. The second kappa shape index (κ2) is 8.18. The van der Waals surface area contributed by atoms with Crippen molar-refractivity contribution in [3.8, 4) is 22.6 Å². The van der Waals surface area contributed by atoms with Gasteiger partial charge in [-0.3, -0.25) is 4.98 Å². The highest BCUT2D eigenvalue weighted by molar-refractivity contribution is 5.97. The van der Waals surface area contributed by atoms with E-state index in [9.17, 15) is 0 Å². The number of aromatic nitrogens is 5. The maximum Gasteiger partial charge on any atom is 0.231 e. The number of H-pyrrole nitrogens is 1. The van der Waals surface area contributed by atoms with Gasteiger partial charge in [-0.2, -0.15) is 9.97 Å². The molecule has 0 saturated heterocycles. The van der Waals surface area contributed by atoms with Crippen LogP contribution in [0.5, 0.6) is 11.5 Å². The predicted molar refractivity (Wildman–Crippen MR) is 132 cm³/mol. The van der Waals surface area contributed by atoms with Crippen LogP contribution >= 0.6 is 0 Å². The number of fused-ring (bicyclic) bond motifs is 2. The van der Waals surface area contributed by atoms with Crippen molar-refractivity contribution in [2.75, 3.05) is 24.9 Å². The van der Waals surface area contributed by atoms with Crippen molar-refractivity contribution in [3.63, 3.8) is 0 Å². The van der Waals surface area contributed by atoms with Crippen LogP contribution in [0, 0.1) is 0 Å². The van der Waals surface area contributed by atoms with Crippen LogP contribution in [-0.2, 0) is 0 Å². The molecule has 3 aromatic heterocycles. The van der Waals surface area contributed by atoms with Gasteiger partial charge in [0.15, 0.2) is 23.0 Å². The molecule has 170 valence electrons. The number of benzene rings is 2. The minimum absolute atomic E-state index is 0.463. The summed E-state index contributed by atoms with van der Waals surface area (Å²) in [6, 6.07) is 14.4. The summed E-state index contributed by atoms with van der Waals surface area (Å²) in [5.74, 6) is 2.61. The molecule has 0 spiro atoms. The Kier molecular flexibility index (Phi) is 4.87. The summed E-state index contributed by atoms with van der Waals surface area (Å²) in [6.07, 6.45) is 5.75. The van der Waals surface area contributed by atoms with Gasteiger partial charge in [-0.15, -0.1) is 0 Å². The molecule has 5 aromatic rings. The summed E-state index contributed by atoms with van der Waals surface area (Å²) in [6.45, 7) is 0. The zero-order valence-electron chi connectivity index (χ0n) is 18.8. The van der Waals surface area contributed by atoms with E-state index in [1.165, 1.54) is 0 Å². The quantitative estimate of drug-likeness (QED) is 0.319. The lowest BCUT2D eigenvalue weighted by atomic mass is 10.0. The third kappa shape index (κ3) is 3.71. The number of aromatic amines is 1. The van der Waals surface area contributed by atoms with Gasteiger partial charge in [0.1, 0.15) is 5.52 Å². The molecule has 0 unspecified atom stereocenters. The van der Waals surface area contributed by atoms with Gasteiger partial charge in [0.05, 0.1) is 26.1 Å². The van der Waals surface area contributed by atoms with Crippen LogP contribution in [0.25, 0.3) is 33.2 Å². The number of pyridine rings is 1. The molecule has 9 heteroatoms. The first-order chi connectivity index (χ1) is 16.7. The highest BCUT2D eigenvalue weighted by Crippen LogP contribution is 2.36. The van der Waals surface area contributed by atoms with Crippen molar-refractivity contribution in [3.05, 3.63) is 55.0 Å². The van der Waals surface area contributed by atoms with E-state index in [-0.39, 0.29) is 0 Å². The number of nitrogens with zero attached hydrogens (tertiary/aromatic N) is 4. The summed E-state index contributed by atoms with van der Waals surface area (Å²) in [7, 11) is 3.27. The molecule has 0 bridgehead atoms. The molecule has 3 N–H and O–H groups in total. The first-order valence-corrected chi connectivity index (χ1v) is 11.1. The van der Waals surface area contributed by atoms with E-state index >= 15 is 0 Å². The molecule has 1 fully saturated rings. The van der Waals surface area contributed by atoms with Crippen molar-refractivity contribution in [1.29, 1.82) is 0 Å². The first kappa shape index (κ1) is 20.2. The molecular weight excluding hydrogens is 430 g/mol. The van der Waals surface area contributed by atoms with Crippen LogP contribution < -0.4 is 20.1 Å². The number of hydrogen-bond acceptors (Lipinski definition) is 8. The Morgan fingerprint density at radius 1 is 0.941 bits per heavy atom. The number of hydrogen-bond donors (Lipinski definition) is 3. The van der Waals surface area contributed by atoms with Gasteiger partial charge in [0.25, 0.3) is 0 Å². The second-order valence-electron chi connectivity index (χ2n) is 8.20. The third-order valence-electron chi connectivity index (χ3n) is 5.90. The smallest absolute Gasteiger partial charge is 0.231 e. The fraction of sp³-hybridized carbons (Fsp3) is 0.200. The molecule has 9 nitrogen and oxygen atoms in total. The molecule has 1 saturated carbocycles. The molecule has 0 amide bonds. The third-order valence-corrected chi connectivity index (χ3v) is 5.90. The standard InChI is InChI=1S/C25H23N7O2/c1-33-20-8-3-14(11-21(20)34-2)17-9-10-26-19-7-6-16(12-18(17)19)30-25-31-23-22(27-13-28-23)24(32-25)29-15-4-5-15/h3,6-13,15H,4-5H2,1-2H3,(H3,27,28,29,30,31,32). The summed E-state index contributed by atoms with van der Waals surface area (Å²) in [5, 5.41) is 7.80. The Bertz CT molecular complexity index is 1510. The largest absolute Gasteiger partial charge is 0.493 e. The summed E-state index contributed by atoms with van der Waals surface area (Å²) < 4.78 is 10.9. The second-order valence-corrected chi connectivity index (χ2v) is 8.20. The van der Waals surface area contributed by atoms with Crippen LogP contribution in [0.15, 0.2) is 55.0 Å². The molecule has 3 heterocycles. The molecule has 1 aliphatic carbocycles. The maximum atomic E-state index is 5.50. The van der Waals surface area contributed by atoms with Gasteiger partial charge in [-0.05, 0) is 60.4 Å². The van der Waals surface area contributed by atoms with Crippen molar-refractivity contribution in [2.24, 2.45) is 0 Å². The monoisotopic (exact) mass is 453 g/mol. The number of methoxy groups -OCH3 is 2. The van der Waals surface area contributed by atoms with Crippen LogP contribution in [0.1, 0.15) is 12.8 Å². The fourth-order valence-electron chi connectivity index (χ4n) is 4.02. The molecule has 0 radical (unpaired) electrons. The Balaban J connectivity index is 1.39. The minimum Gasteiger partial charge on any atom is -0.493 e. The highest BCUT2D eigenvalue weighted by Gasteiger charge is 2.23. The van der Waals surface area contributed by atoms with E-state index in [1.807, 2.05) is 42.6 Å². The number of ether oxygens (including phenoxy) is 2. The lowest BCUT2D eigenvalue weighted by Crippen LogP contribution is -2.07. The fourth-order valence-corrected chi connectivity index (χ4v) is 4.02. The highest BCUT2D eigenvalue weighted by atomic mass is 16.5. The average Bonchev–Trinajstić information content (AvgIpc) is 3.56. The SMILES string of the molecule is COc1ccc(-c2ccnc3ccc(Nc4nc(NC5CC5)c5[nH]cnc5n4)cc23)cc1OC. The Hall–Kier alpha value is -4.40. The van der Waals surface area contributed by atoms with Crippen molar-refractivity contribution in [2.45, 2.75) is 18.9 Å². The summed E-state index contributed by atoms with van der Waals surface area (Å²) in [5.41, 5.74) is 5.22. The number of anilines is 3. The van der Waals surface area contributed by atoms with Crippen molar-refractivity contribution < 1.29 is 9.47 Å². The van der Waals surface area contributed by atoms with E-state index in [2.05, 4.69) is 36.6 Å². The predicted octanol–water partition coefficient (Wildman–Crippen LogP) is 4.90. The first-order valence-electron chi connectivity index (χ1n) is 11.1. The van der Waals surface area contributed by atoms with E-state index in [0.29, 0.717) is 29.1 Å². The minimum atomic E-state index is 0.463. The van der Waals surface area contributed by atoms with Gasteiger partial charge in [-0.25, -0.2) is 4.98 Å². The summed E-state index contributed by atoms with van der Waals surface area (Å²) in [4.78, 5) is 21.3. The van der Waals surface area contributed by atoms with E-state index in [4.69, 9.17) is 14.5 Å². The number of nitrogens with one attached hydrogen (secondary N) is 3. The molecule has 1 aliphatic rings. The topological polar surface area (TPSA) is 110 Å². The zero-order chi connectivity index (χ0) is 23.1. The average molecular weight is 454 g/mol. The molecule has 0 atom stereocenters. The van der Waals surface area contributed by atoms with E-state index in [1.54, 1.807) is 20.5 Å². The van der Waals surface area contributed by atoms with Gasteiger partial charge in [0.2, 0.25) is 5.95 Å². The van der Waals surface area contributed by atoms with Gasteiger partial charge >= 0.3 is 0 Å². The van der Waals surface area contributed by atoms with Crippen LogP contribution in [-0.4, -0.2) is 45.2 Å². The van der Waals surface area contributed by atoms with Crippen molar-refractivity contribution in [1.82, 2.24) is 24.9 Å². The van der Waals surface area contributed by atoms with Gasteiger partial charge < -0.3 is 25.1 Å². The van der Waals surface area contributed by atoms with Crippen LogP contribution in [0.2, 0.25) is 0 Å². The van der Waals surface area contributed by atoms with Crippen LogP contribution in [0.3, 0.4) is 0 Å². The molecule has 2 aromatic carbocycles. The lowest BCUT2D eigenvalue weighted by Gasteiger charge is -2.13. The number of imidazole rings is 1. The van der Waals surface area contributed by atoms with E-state index < -0.39 is 0 Å². The summed E-state index contributed by atoms with van der Waals surface area (Å²) >= 11 is 0. The van der Waals surface area contributed by atoms with E-state index in [0.717, 1.165) is 51.9 Å². The van der Waals surface area contributed by atoms with Crippen molar-refractivity contribution >= 4 is 39.5 Å². The van der Waals surface area contributed by atoms with Gasteiger partial charge in [0, 0.05) is 23.3 Å². The molecule has 34 heavy (non-hydrogen) atoms. The Morgan fingerprint density at radius 3 is 2.65 bits per heavy atom. The molecular formula is C25H23N7O2. The lowest BCUT2D eigenvalue weighted by molar-refractivity contribution is 0.355. The molecule has 6 rings (SSSR count). The van der Waals surface area contributed by atoms with Gasteiger partial charge in [-0.1, -0.05) is 6.07 Å². The Labute approximate surface area is 195 Å². The maximum absolute atomic E-state index is 5.50. The normalized spacial score (nSPS) is 13.2. The molecule has 0 aliphatic heterocycles.